The summed E-state index contributed by atoms with van der Waals surface area (Å²) in [6.07, 6.45) is 0. The van der Waals surface area contributed by atoms with Crippen LogP contribution < -0.4 is 10.3 Å². The fourth-order valence-electron chi connectivity index (χ4n) is 3.03. The third-order valence-corrected chi connectivity index (χ3v) is 4.84. The molecule has 0 saturated heterocycles. The lowest BCUT2D eigenvalue weighted by Crippen LogP contribution is -2.25. The number of methoxy groups -OCH3 is 1. The van der Waals surface area contributed by atoms with Crippen LogP contribution in [0.3, 0.4) is 0 Å². The number of rotatable bonds is 4. The molecule has 0 bridgehead atoms. The molecular formula is C20H15ClFN3O3. The smallest absolute Gasteiger partial charge is 0.297 e. The molecule has 6 nitrogen and oxygen atoms in total. The van der Waals surface area contributed by atoms with Gasteiger partial charge in [0.25, 0.3) is 5.56 Å². The minimum Gasteiger partial charge on any atom is -0.497 e. The summed E-state index contributed by atoms with van der Waals surface area (Å²) in [7, 11) is 1.58. The van der Waals surface area contributed by atoms with E-state index in [1.54, 1.807) is 32.2 Å². The third kappa shape index (κ3) is 3.03. The monoisotopic (exact) mass is 399 g/mol. The second-order valence-electron chi connectivity index (χ2n) is 6.20. The van der Waals surface area contributed by atoms with Gasteiger partial charge in [0.15, 0.2) is 5.52 Å². The molecule has 0 fully saturated rings. The molecule has 2 heterocycles. The molecule has 28 heavy (non-hydrogen) atoms. The molecule has 0 N–H and O–H groups in total. The van der Waals surface area contributed by atoms with E-state index in [-0.39, 0.29) is 22.6 Å². The Morgan fingerprint density at radius 2 is 1.96 bits per heavy atom. The van der Waals surface area contributed by atoms with E-state index < -0.39 is 11.4 Å². The molecule has 0 aliphatic rings. The highest BCUT2D eigenvalue weighted by atomic mass is 35.5. The highest BCUT2D eigenvalue weighted by Gasteiger charge is 2.20. The van der Waals surface area contributed by atoms with Crippen molar-refractivity contribution in [3.63, 3.8) is 0 Å². The highest BCUT2D eigenvalue weighted by molar-refractivity contribution is 6.31. The van der Waals surface area contributed by atoms with Crippen molar-refractivity contribution in [2.45, 2.75) is 13.5 Å². The van der Waals surface area contributed by atoms with Crippen LogP contribution in [0.5, 0.6) is 5.75 Å². The predicted molar refractivity (Wildman–Crippen MR) is 103 cm³/mol. The fourth-order valence-corrected chi connectivity index (χ4v) is 3.25. The van der Waals surface area contributed by atoms with E-state index in [4.69, 9.17) is 20.9 Å². The van der Waals surface area contributed by atoms with Crippen LogP contribution in [-0.4, -0.2) is 22.0 Å². The number of halogens is 2. The Hall–Kier alpha value is -3.19. The standard InChI is InChI=1S/C20H15ClFN3O3/c1-11-17-18(12-6-8-13(27-2)9-7-12)23-25(20(26)19(17)24-28-11)10-14-15(21)4-3-5-16(14)22/h3-9H,10H2,1-2H3. The zero-order valence-corrected chi connectivity index (χ0v) is 15.8. The first kappa shape index (κ1) is 18.2. The lowest BCUT2D eigenvalue weighted by atomic mass is 10.1. The molecule has 0 aliphatic heterocycles. The average Bonchev–Trinajstić information content (AvgIpc) is 3.09. The Morgan fingerprint density at radius 1 is 1.21 bits per heavy atom. The Morgan fingerprint density at radius 3 is 2.64 bits per heavy atom. The second kappa shape index (κ2) is 7.09. The first-order valence-electron chi connectivity index (χ1n) is 8.44. The van der Waals surface area contributed by atoms with Gasteiger partial charge < -0.3 is 9.26 Å². The average molecular weight is 400 g/mol. The van der Waals surface area contributed by atoms with Gasteiger partial charge in [-0.2, -0.15) is 5.10 Å². The predicted octanol–water partition coefficient (Wildman–Crippen LogP) is 4.21. The topological polar surface area (TPSA) is 70.2 Å². The third-order valence-electron chi connectivity index (χ3n) is 4.49. The summed E-state index contributed by atoms with van der Waals surface area (Å²) in [6, 6.07) is 11.6. The Balaban J connectivity index is 1.93. The number of aryl methyl sites for hydroxylation is 1. The quantitative estimate of drug-likeness (QED) is 0.514. The number of ether oxygens (including phenoxy) is 1. The normalized spacial score (nSPS) is 11.1. The summed E-state index contributed by atoms with van der Waals surface area (Å²) < 4.78 is 25.8. The number of aromatic nitrogens is 3. The van der Waals surface area contributed by atoms with Gasteiger partial charge >= 0.3 is 0 Å². The maximum absolute atomic E-state index is 14.2. The van der Waals surface area contributed by atoms with Crippen LogP contribution in [0.2, 0.25) is 5.02 Å². The van der Waals surface area contributed by atoms with E-state index in [0.29, 0.717) is 22.6 Å². The summed E-state index contributed by atoms with van der Waals surface area (Å²) >= 11 is 6.11. The molecule has 142 valence electrons. The van der Waals surface area contributed by atoms with E-state index in [1.165, 1.54) is 12.1 Å². The van der Waals surface area contributed by atoms with Crippen LogP contribution >= 0.6 is 11.6 Å². The van der Waals surface area contributed by atoms with Gasteiger partial charge in [-0.05, 0) is 43.3 Å². The summed E-state index contributed by atoms with van der Waals surface area (Å²) in [5.41, 5.74) is 1.07. The Kier molecular flexibility index (Phi) is 4.60. The van der Waals surface area contributed by atoms with Crippen LogP contribution in [0, 0.1) is 12.7 Å². The van der Waals surface area contributed by atoms with Crippen molar-refractivity contribution in [2.24, 2.45) is 0 Å². The number of benzene rings is 2. The van der Waals surface area contributed by atoms with Gasteiger partial charge in [0.1, 0.15) is 23.0 Å². The first-order chi connectivity index (χ1) is 13.5. The van der Waals surface area contributed by atoms with E-state index in [1.807, 2.05) is 12.1 Å². The zero-order chi connectivity index (χ0) is 19.8. The summed E-state index contributed by atoms with van der Waals surface area (Å²) in [6.45, 7) is 1.58. The Labute approximate surface area is 164 Å². The van der Waals surface area contributed by atoms with E-state index >= 15 is 0 Å². The van der Waals surface area contributed by atoms with Crippen molar-refractivity contribution >= 4 is 22.5 Å². The molecular weight excluding hydrogens is 385 g/mol. The van der Waals surface area contributed by atoms with Crippen molar-refractivity contribution in [3.05, 3.63) is 75.0 Å². The van der Waals surface area contributed by atoms with Crippen molar-refractivity contribution in [1.82, 2.24) is 14.9 Å². The SMILES string of the molecule is COc1ccc(-c2nn(Cc3c(F)cccc3Cl)c(=O)c3noc(C)c23)cc1. The lowest BCUT2D eigenvalue weighted by Gasteiger charge is -2.11. The van der Waals surface area contributed by atoms with Crippen molar-refractivity contribution in [2.75, 3.05) is 7.11 Å². The molecule has 8 heteroatoms. The molecule has 0 atom stereocenters. The van der Waals surface area contributed by atoms with Crippen LogP contribution in [0.1, 0.15) is 11.3 Å². The number of fused-ring (bicyclic) bond motifs is 1. The molecule has 0 aliphatic carbocycles. The molecule has 2 aromatic heterocycles. The summed E-state index contributed by atoms with van der Waals surface area (Å²) in [5, 5.41) is 9.10. The number of nitrogens with zero attached hydrogens (tertiary/aromatic N) is 3. The molecule has 4 rings (SSSR count). The van der Waals surface area contributed by atoms with Gasteiger partial charge in [-0.25, -0.2) is 9.07 Å². The second-order valence-corrected chi connectivity index (χ2v) is 6.61. The largest absolute Gasteiger partial charge is 0.497 e. The minimum absolute atomic E-state index is 0.130. The van der Waals surface area contributed by atoms with Gasteiger partial charge in [-0.1, -0.05) is 22.8 Å². The minimum atomic E-state index is -0.511. The number of hydrogen-bond acceptors (Lipinski definition) is 5. The lowest BCUT2D eigenvalue weighted by molar-refractivity contribution is 0.405. The summed E-state index contributed by atoms with van der Waals surface area (Å²) in [4.78, 5) is 12.8. The van der Waals surface area contributed by atoms with Crippen LogP contribution in [-0.2, 0) is 6.54 Å². The van der Waals surface area contributed by atoms with Gasteiger partial charge in [0.05, 0.1) is 19.0 Å². The maximum atomic E-state index is 14.2. The van der Waals surface area contributed by atoms with Crippen LogP contribution in [0.4, 0.5) is 4.39 Å². The van der Waals surface area contributed by atoms with Crippen LogP contribution in [0.25, 0.3) is 22.2 Å². The van der Waals surface area contributed by atoms with E-state index in [2.05, 4.69) is 10.3 Å². The van der Waals surface area contributed by atoms with Crippen molar-refractivity contribution in [3.8, 4) is 17.0 Å². The maximum Gasteiger partial charge on any atom is 0.297 e. The van der Waals surface area contributed by atoms with Gasteiger partial charge in [0, 0.05) is 16.1 Å². The van der Waals surface area contributed by atoms with Gasteiger partial charge in [-0.15, -0.1) is 0 Å². The number of hydrogen-bond donors (Lipinski definition) is 0. The highest BCUT2D eigenvalue weighted by Crippen LogP contribution is 2.29. The Bertz CT molecular complexity index is 1210. The molecule has 4 aromatic rings. The fraction of sp³-hybridized carbons (Fsp3) is 0.150. The first-order valence-corrected chi connectivity index (χ1v) is 8.82. The molecule has 2 aromatic carbocycles. The van der Waals surface area contributed by atoms with Crippen molar-refractivity contribution < 1.29 is 13.7 Å². The molecule has 0 spiro atoms. The molecule has 0 radical (unpaired) electrons. The van der Waals surface area contributed by atoms with Gasteiger partial charge in [-0.3, -0.25) is 4.79 Å². The van der Waals surface area contributed by atoms with Gasteiger partial charge in [0.2, 0.25) is 0 Å². The van der Waals surface area contributed by atoms with E-state index in [9.17, 15) is 9.18 Å². The van der Waals surface area contributed by atoms with Crippen molar-refractivity contribution in [1.29, 1.82) is 0 Å². The zero-order valence-electron chi connectivity index (χ0n) is 15.1. The molecule has 0 unspecified atom stereocenters. The van der Waals surface area contributed by atoms with Crippen LogP contribution in [0.15, 0.2) is 51.8 Å². The van der Waals surface area contributed by atoms with E-state index in [0.717, 1.165) is 10.2 Å². The summed E-state index contributed by atoms with van der Waals surface area (Å²) in [5.74, 6) is 0.651. The molecule has 0 amide bonds. The molecule has 0 saturated carbocycles.